The smallest absolute Gasteiger partial charge is 0.308 e. The van der Waals surface area contributed by atoms with Crippen LogP contribution in [0.5, 0.6) is 0 Å². The molecular formula is C8H12BNO2. The molecule has 0 saturated carbocycles. The molecule has 0 amide bonds. The molecule has 1 heterocycles. The zero-order valence-corrected chi connectivity index (χ0v) is 7.21. The summed E-state index contributed by atoms with van der Waals surface area (Å²) < 4.78 is 0. The Balaban J connectivity index is 2.74. The van der Waals surface area contributed by atoms with Crippen molar-refractivity contribution in [3.05, 3.63) is 0 Å². The van der Waals surface area contributed by atoms with Crippen LogP contribution in [0, 0.1) is 16.6 Å². The van der Waals surface area contributed by atoms with E-state index < -0.39 is 11.4 Å². The highest BCUT2D eigenvalue weighted by Gasteiger charge is 2.45. The van der Waals surface area contributed by atoms with Gasteiger partial charge in [0.05, 0.1) is 5.41 Å². The maximum Gasteiger partial charge on any atom is 0.308 e. The van der Waals surface area contributed by atoms with E-state index in [9.17, 15) is 4.79 Å². The molecule has 1 rings (SSSR count). The van der Waals surface area contributed by atoms with Crippen LogP contribution in [0.3, 0.4) is 0 Å². The van der Waals surface area contributed by atoms with E-state index in [4.69, 9.17) is 10.4 Å². The fraction of sp³-hybridized carbons (Fsp3) is 0.750. The number of hydrogen-bond acceptors (Lipinski definition) is 2. The molecule has 0 bridgehead atoms. The summed E-state index contributed by atoms with van der Waals surface area (Å²) in [5.41, 5.74) is -0.597. The van der Waals surface area contributed by atoms with Crippen molar-refractivity contribution in [1.29, 1.82) is 5.26 Å². The molecule has 4 heteroatoms. The number of nitriles is 1. The lowest BCUT2D eigenvalue weighted by Crippen LogP contribution is -2.27. The van der Waals surface area contributed by atoms with Gasteiger partial charge in [-0.1, -0.05) is 13.2 Å². The predicted molar refractivity (Wildman–Crippen MR) is 46.0 cm³/mol. The number of aliphatic carboxylic acids is 1. The molecule has 0 aromatic carbocycles. The summed E-state index contributed by atoms with van der Waals surface area (Å²) >= 11 is 0. The van der Waals surface area contributed by atoms with Crippen LogP contribution in [0.2, 0.25) is 12.6 Å². The second-order valence-corrected chi connectivity index (χ2v) is 3.51. The molecule has 1 saturated heterocycles. The van der Waals surface area contributed by atoms with Crippen molar-refractivity contribution >= 4 is 12.7 Å². The molecule has 0 aromatic heterocycles. The number of carboxylic acid groups (broad SMARTS) is 1. The molecule has 1 fully saturated rings. The minimum absolute atomic E-state index is 0.0407. The van der Waals surface area contributed by atoms with Gasteiger partial charge in [0.15, 0.2) is 0 Å². The first-order chi connectivity index (χ1) is 5.64. The van der Waals surface area contributed by atoms with Crippen LogP contribution in [0.1, 0.15) is 19.8 Å². The van der Waals surface area contributed by atoms with Crippen molar-refractivity contribution < 1.29 is 9.90 Å². The van der Waals surface area contributed by atoms with Gasteiger partial charge < -0.3 is 5.11 Å². The predicted octanol–water partition coefficient (Wildman–Crippen LogP) is 1.43. The van der Waals surface area contributed by atoms with Gasteiger partial charge in [0.2, 0.25) is 0 Å². The first-order valence-electron chi connectivity index (χ1n) is 4.27. The van der Waals surface area contributed by atoms with Crippen LogP contribution < -0.4 is 0 Å². The molecule has 1 unspecified atom stereocenters. The Morgan fingerprint density at radius 3 is 2.75 bits per heavy atom. The third-order valence-corrected chi connectivity index (χ3v) is 2.92. The summed E-state index contributed by atoms with van der Waals surface area (Å²) in [5.74, 6) is 1.41. The number of carboxylic acids is 1. The molecular weight excluding hydrogens is 153 g/mol. The van der Waals surface area contributed by atoms with E-state index in [-0.39, 0.29) is 6.71 Å². The fourth-order valence-corrected chi connectivity index (χ4v) is 1.90. The van der Waals surface area contributed by atoms with E-state index in [1.165, 1.54) is 0 Å². The van der Waals surface area contributed by atoms with Crippen LogP contribution in [-0.2, 0) is 4.79 Å². The lowest BCUT2D eigenvalue weighted by molar-refractivity contribution is -0.147. The molecule has 0 aromatic rings. The van der Waals surface area contributed by atoms with E-state index in [2.05, 4.69) is 5.97 Å². The topological polar surface area (TPSA) is 61.1 Å². The minimum Gasteiger partial charge on any atom is -0.481 e. The zero-order chi connectivity index (χ0) is 9.19. The van der Waals surface area contributed by atoms with Crippen LogP contribution in [-0.4, -0.2) is 17.8 Å². The van der Waals surface area contributed by atoms with E-state index in [0.717, 1.165) is 6.32 Å². The quantitative estimate of drug-likeness (QED) is 0.629. The number of nitrogens with zero attached hydrogens (tertiary/aromatic N) is 1. The van der Waals surface area contributed by atoms with Crippen LogP contribution >= 0.6 is 0 Å². The summed E-state index contributed by atoms with van der Waals surface area (Å²) in [4.78, 5) is 10.9. The van der Waals surface area contributed by atoms with Crippen LogP contribution in [0.25, 0.3) is 0 Å². The lowest BCUT2D eigenvalue weighted by Gasteiger charge is -2.21. The van der Waals surface area contributed by atoms with Gasteiger partial charge in [-0.15, -0.1) is 0 Å². The number of rotatable bonds is 2. The average molecular weight is 165 g/mol. The second-order valence-electron chi connectivity index (χ2n) is 3.51. The van der Waals surface area contributed by atoms with Gasteiger partial charge in [0, 0.05) is 5.97 Å². The standard InChI is InChI=1S/C8H12BNO2/c1-2-8(7(11)12)3-4-9(5-8)6-10/h2-5H2,1H3,(H,11,12). The first-order valence-corrected chi connectivity index (χ1v) is 4.27. The Morgan fingerprint density at radius 2 is 2.50 bits per heavy atom. The molecule has 0 radical (unpaired) electrons. The Bertz CT molecular complexity index is 236. The van der Waals surface area contributed by atoms with Gasteiger partial charge in [-0.2, -0.15) is 0 Å². The molecule has 0 spiro atoms. The summed E-state index contributed by atoms with van der Waals surface area (Å²) in [6, 6.07) is 0. The number of carbonyl (C=O) groups is 1. The largest absolute Gasteiger partial charge is 0.481 e. The molecule has 1 atom stereocenters. The summed E-state index contributed by atoms with van der Waals surface area (Å²) in [6.45, 7) is 1.84. The summed E-state index contributed by atoms with van der Waals surface area (Å²) in [7, 11) is 0. The van der Waals surface area contributed by atoms with Gasteiger partial charge in [-0.25, -0.2) is 5.26 Å². The van der Waals surface area contributed by atoms with Crippen molar-refractivity contribution in [2.75, 3.05) is 0 Å². The highest BCUT2D eigenvalue weighted by atomic mass is 16.4. The van der Waals surface area contributed by atoms with Crippen molar-refractivity contribution in [3.8, 4) is 5.97 Å². The van der Waals surface area contributed by atoms with Gasteiger partial charge >= 0.3 is 5.97 Å². The van der Waals surface area contributed by atoms with Crippen molar-refractivity contribution in [3.63, 3.8) is 0 Å². The average Bonchev–Trinajstić information content (AvgIpc) is 2.48. The summed E-state index contributed by atoms with van der Waals surface area (Å²) in [5, 5.41) is 17.6. The van der Waals surface area contributed by atoms with E-state index in [0.29, 0.717) is 19.2 Å². The lowest BCUT2D eigenvalue weighted by atomic mass is 9.48. The molecule has 0 aliphatic carbocycles. The maximum atomic E-state index is 10.9. The van der Waals surface area contributed by atoms with Gasteiger partial charge in [0.1, 0.15) is 0 Å². The molecule has 1 N–H and O–H groups in total. The van der Waals surface area contributed by atoms with Gasteiger partial charge in [-0.3, -0.25) is 4.79 Å². The molecule has 3 nitrogen and oxygen atoms in total. The normalized spacial score (nSPS) is 28.5. The molecule has 12 heavy (non-hydrogen) atoms. The molecule has 1 aliphatic rings. The van der Waals surface area contributed by atoms with E-state index in [1.807, 2.05) is 6.92 Å². The Kier molecular flexibility index (Phi) is 2.42. The fourth-order valence-electron chi connectivity index (χ4n) is 1.90. The highest BCUT2D eigenvalue weighted by molar-refractivity contribution is 6.68. The molecule has 64 valence electrons. The Hall–Kier alpha value is -0.975. The molecule has 1 aliphatic heterocycles. The first kappa shape index (κ1) is 9.12. The second kappa shape index (κ2) is 3.18. The maximum absolute atomic E-state index is 10.9. The van der Waals surface area contributed by atoms with Crippen molar-refractivity contribution in [2.24, 2.45) is 5.41 Å². The third kappa shape index (κ3) is 1.31. The summed E-state index contributed by atoms with van der Waals surface area (Å²) in [6.07, 6.45) is 2.59. The van der Waals surface area contributed by atoms with Gasteiger partial charge in [0.25, 0.3) is 6.71 Å². The van der Waals surface area contributed by atoms with E-state index >= 15 is 0 Å². The van der Waals surface area contributed by atoms with Crippen molar-refractivity contribution in [2.45, 2.75) is 32.4 Å². The number of hydrogen-bond donors (Lipinski definition) is 1. The monoisotopic (exact) mass is 165 g/mol. The van der Waals surface area contributed by atoms with Crippen LogP contribution in [0.4, 0.5) is 0 Å². The Morgan fingerprint density at radius 1 is 1.83 bits per heavy atom. The zero-order valence-electron chi connectivity index (χ0n) is 7.21. The van der Waals surface area contributed by atoms with Gasteiger partial charge in [-0.05, 0) is 19.2 Å². The van der Waals surface area contributed by atoms with Crippen LogP contribution in [0.15, 0.2) is 0 Å². The SMILES string of the molecule is CCC1(C(=O)O)CCB(C#N)C1. The van der Waals surface area contributed by atoms with Crippen molar-refractivity contribution in [1.82, 2.24) is 0 Å². The minimum atomic E-state index is -0.734. The Labute approximate surface area is 72.5 Å². The van der Waals surface area contributed by atoms with E-state index in [1.54, 1.807) is 0 Å². The highest BCUT2D eigenvalue weighted by Crippen LogP contribution is 2.41. The third-order valence-electron chi connectivity index (χ3n) is 2.92.